The van der Waals surface area contributed by atoms with Crippen molar-refractivity contribution in [1.82, 2.24) is 9.80 Å². The van der Waals surface area contributed by atoms with Crippen LogP contribution in [-0.4, -0.2) is 49.1 Å². The minimum Gasteiger partial charge on any atom is -0.304 e. The molecule has 1 aliphatic carbocycles. The first-order chi connectivity index (χ1) is 10.1. The van der Waals surface area contributed by atoms with Gasteiger partial charge in [-0.05, 0) is 62.3 Å². The van der Waals surface area contributed by atoms with E-state index in [1.54, 1.807) is 0 Å². The molecule has 22 heavy (non-hydrogen) atoms. The molecule has 0 aromatic carbocycles. The van der Waals surface area contributed by atoms with Crippen LogP contribution in [0.5, 0.6) is 0 Å². The standard InChI is InChI=1S/C20H40N2/c1-16(22-12-10-21(7)11-13-22)14-19(3,4)15-20(5,6)17(2)18-8-9-18/h16-18H,8-15H2,1-7H3. The van der Waals surface area contributed by atoms with Gasteiger partial charge in [0.1, 0.15) is 0 Å². The molecule has 0 aromatic heterocycles. The van der Waals surface area contributed by atoms with Crippen LogP contribution in [0.25, 0.3) is 0 Å². The maximum absolute atomic E-state index is 2.71. The molecule has 2 aliphatic rings. The highest BCUT2D eigenvalue weighted by atomic mass is 15.3. The summed E-state index contributed by atoms with van der Waals surface area (Å²) in [6, 6.07) is 0.718. The number of likely N-dealkylation sites (N-methyl/N-ethyl adjacent to an activating group) is 1. The lowest BCUT2D eigenvalue weighted by Gasteiger charge is -2.43. The van der Waals surface area contributed by atoms with E-state index in [-0.39, 0.29) is 0 Å². The molecule has 2 fully saturated rings. The van der Waals surface area contributed by atoms with Gasteiger partial charge in [-0.15, -0.1) is 0 Å². The number of rotatable bonds is 7. The van der Waals surface area contributed by atoms with Crippen molar-refractivity contribution in [3.63, 3.8) is 0 Å². The maximum Gasteiger partial charge on any atom is 0.0113 e. The van der Waals surface area contributed by atoms with E-state index in [9.17, 15) is 0 Å². The second-order valence-corrected chi connectivity index (χ2v) is 9.85. The van der Waals surface area contributed by atoms with Gasteiger partial charge in [0.15, 0.2) is 0 Å². The van der Waals surface area contributed by atoms with Crippen molar-refractivity contribution in [2.45, 2.75) is 73.3 Å². The first kappa shape index (κ1) is 18.3. The van der Waals surface area contributed by atoms with Crippen molar-refractivity contribution in [3.05, 3.63) is 0 Å². The Labute approximate surface area is 139 Å². The SMILES string of the molecule is CC(CC(C)(C)CC(C)(C)C(C)C1CC1)N1CCN(C)CC1. The van der Waals surface area contributed by atoms with Gasteiger partial charge < -0.3 is 4.90 Å². The van der Waals surface area contributed by atoms with Crippen molar-refractivity contribution >= 4 is 0 Å². The molecule has 1 saturated heterocycles. The molecule has 0 bridgehead atoms. The van der Waals surface area contributed by atoms with Crippen molar-refractivity contribution in [2.75, 3.05) is 33.2 Å². The van der Waals surface area contributed by atoms with Crippen LogP contribution in [0.1, 0.15) is 67.2 Å². The predicted octanol–water partition coefficient (Wildman–Crippen LogP) is 4.50. The van der Waals surface area contributed by atoms with Crippen LogP contribution in [0.2, 0.25) is 0 Å². The highest BCUT2D eigenvalue weighted by Crippen LogP contribution is 2.50. The van der Waals surface area contributed by atoms with Crippen molar-refractivity contribution in [3.8, 4) is 0 Å². The monoisotopic (exact) mass is 308 g/mol. The van der Waals surface area contributed by atoms with Crippen molar-refractivity contribution in [2.24, 2.45) is 22.7 Å². The van der Waals surface area contributed by atoms with E-state index in [0.717, 1.165) is 17.9 Å². The molecule has 1 heterocycles. The van der Waals surface area contributed by atoms with E-state index in [1.807, 2.05) is 0 Å². The van der Waals surface area contributed by atoms with Gasteiger partial charge in [-0.25, -0.2) is 0 Å². The summed E-state index contributed by atoms with van der Waals surface area (Å²) >= 11 is 0. The zero-order valence-electron chi connectivity index (χ0n) is 16.3. The molecule has 1 saturated carbocycles. The third-order valence-electron chi connectivity index (χ3n) is 6.51. The second-order valence-electron chi connectivity index (χ2n) is 9.85. The molecule has 1 aliphatic heterocycles. The van der Waals surface area contributed by atoms with Gasteiger partial charge in [-0.1, -0.05) is 34.6 Å². The Hall–Kier alpha value is -0.0800. The highest BCUT2D eigenvalue weighted by molar-refractivity contribution is 4.92. The summed E-state index contributed by atoms with van der Waals surface area (Å²) in [6.07, 6.45) is 5.64. The van der Waals surface area contributed by atoms with Gasteiger partial charge in [0, 0.05) is 32.2 Å². The van der Waals surface area contributed by atoms with Crippen LogP contribution >= 0.6 is 0 Å². The Kier molecular flexibility index (Phi) is 5.65. The third kappa shape index (κ3) is 4.96. The van der Waals surface area contributed by atoms with Gasteiger partial charge in [-0.2, -0.15) is 0 Å². The van der Waals surface area contributed by atoms with Crippen molar-refractivity contribution < 1.29 is 0 Å². The molecule has 2 nitrogen and oxygen atoms in total. The molecule has 0 N–H and O–H groups in total. The van der Waals surface area contributed by atoms with E-state index in [4.69, 9.17) is 0 Å². The fourth-order valence-corrected chi connectivity index (χ4v) is 4.89. The molecular formula is C20H40N2. The van der Waals surface area contributed by atoms with Gasteiger partial charge in [0.05, 0.1) is 0 Å². The van der Waals surface area contributed by atoms with Crippen molar-refractivity contribution in [1.29, 1.82) is 0 Å². The average molecular weight is 309 g/mol. The molecule has 0 aromatic rings. The van der Waals surface area contributed by atoms with Crippen LogP contribution in [-0.2, 0) is 0 Å². The molecular weight excluding hydrogens is 268 g/mol. The minimum absolute atomic E-state index is 0.440. The van der Waals surface area contributed by atoms with E-state index >= 15 is 0 Å². The zero-order chi connectivity index (χ0) is 16.5. The summed E-state index contributed by atoms with van der Waals surface area (Å²) in [5.74, 6) is 1.89. The molecule has 130 valence electrons. The van der Waals surface area contributed by atoms with Gasteiger partial charge >= 0.3 is 0 Å². The maximum atomic E-state index is 2.71. The first-order valence-electron chi connectivity index (χ1n) is 9.53. The first-order valence-corrected chi connectivity index (χ1v) is 9.53. The van der Waals surface area contributed by atoms with E-state index in [2.05, 4.69) is 58.4 Å². The summed E-state index contributed by atoms with van der Waals surface area (Å²) in [5, 5.41) is 0. The highest BCUT2D eigenvalue weighted by Gasteiger charge is 2.41. The lowest BCUT2D eigenvalue weighted by molar-refractivity contribution is 0.0618. The number of hydrogen-bond donors (Lipinski definition) is 0. The molecule has 0 amide bonds. The topological polar surface area (TPSA) is 6.48 Å². The Bertz CT molecular complexity index is 349. The normalized spacial score (nSPS) is 25.2. The molecule has 0 radical (unpaired) electrons. The quantitative estimate of drug-likeness (QED) is 0.683. The van der Waals surface area contributed by atoms with Crippen LogP contribution in [0.4, 0.5) is 0 Å². The van der Waals surface area contributed by atoms with Crippen LogP contribution < -0.4 is 0 Å². The molecule has 2 atom stereocenters. The Morgan fingerprint density at radius 1 is 0.955 bits per heavy atom. The number of piperazine rings is 1. The fourth-order valence-electron chi connectivity index (χ4n) is 4.89. The minimum atomic E-state index is 0.440. The average Bonchev–Trinajstić information content (AvgIpc) is 3.20. The van der Waals surface area contributed by atoms with Gasteiger partial charge in [-0.3, -0.25) is 4.90 Å². The summed E-state index contributed by atoms with van der Waals surface area (Å²) in [7, 11) is 2.24. The molecule has 0 spiro atoms. The molecule has 2 rings (SSSR count). The molecule has 2 unspecified atom stereocenters. The lowest BCUT2D eigenvalue weighted by atomic mass is 9.66. The van der Waals surface area contributed by atoms with Gasteiger partial charge in [0.2, 0.25) is 0 Å². The smallest absolute Gasteiger partial charge is 0.0113 e. The second kappa shape index (κ2) is 6.81. The summed E-state index contributed by atoms with van der Waals surface area (Å²) in [5.41, 5.74) is 0.919. The fraction of sp³-hybridized carbons (Fsp3) is 1.00. The van der Waals surface area contributed by atoms with Gasteiger partial charge in [0.25, 0.3) is 0 Å². The lowest BCUT2D eigenvalue weighted by Crippen LogP contribution is -2.49. The molecule has 2 heteroatoms. The van der Waals surface area contributed by atoms with Crippen LogP contribution in [0.3, 0.4) is 0 Å². The van der Waals surface area contributed by atoms with Crippen LogP contribution in [0.15, 0.2) is 0 Å². The number of hydrogen-bond acceptors (Lipinski definition) is 2. The zero-order valence-corrected chi connectivity index (χ0v) is 16.3. The summed E-state index contributed by atoms with van der Waals surface area (Å²) < 4.78 is 0. The van der Waals surface area contributed by atoms with E-state index in [0.29, 0.717) is 10.8 Å². The van der Waals surface area contributed by atoms with E-state index < -0.39 is 0 Å². The Morgan fingerprint density at radius 2 is 1.50 bits per heavy atom. The van der Waals surface area contributed by atoms with E-state index in [1.165, 1.54) is 51.9 Å². The Morgan fingerprint density at radius 3 is 2.00 bits per heavy atom. The number of nitrogens with zero attached hydrogens (tertiary/aromatic N) is 2. The van der Waals surface area contributed by atoms with Crippen LogP contribution in [0, 0.1) is 22.7 Å². The summed E-state index contributed by atoms with van der Waals surface area (Å²) in [6.45, 7) is 19.9. The predicted molar refractivity (Wildman–Crippen MR) is 97.2 cm³/mol. The largest absolute Gasteiger partial charge is 0.304 e. The Balaban J connectivity index is 1.86. The third-order valence-corrected chi connectivity index (χ3v) is 6.51. The summed E-state index contributed by atoms with van der Waals surface area (Å²) in [4.78, 5) is 5.16.